The van der Waals surface area contributed by atoms with Gasteiger partial charge in [-0.05, 0) is 12.1 Å². The van der Waals surface area contributed by atoms with Gasteiger partial charge in [-0.25, -0.2) is 8.78 Å². The summed E-state index contributed by atoms with van der Waals surface area (Å²) in [6, 6.07) is 9.45. The van der Waals surface area contributed by atoms with Crippen LogP contribution < -0.4 is 9.47 Å². The smallest absolute Gasteiger partial charge is 0.295 e. The Morgan fingerprint density at radius 1 is 1.09 bits per heavy atom. The van der Waals surface area contributed by atoms with Crippen molar-refractivity contribution in [3.63, 3.8) is 0 Å². The van der Waals surface area contributed by atoms with Gasteiger partial charge in [-0.2, -0.15) is 4.98 Å². The van der Waals surface area contributed by atoms with Crippen molar-refractivity contribution in [1.82, 2.24) is 9.97 Å². The number of benzene rings is 2. The quantitative estimate of drug-likeness (QED) is 0.473. The molecule has 3 heterocycles. The minimum atomic E-state index is -0.932. The van der Waals surface area contributed by atoms with E-state index in [1.807, 2.05) is 0 Å². The average molecular weight is 444 g/mol. The van der Waals surface area contributed by atoms with Crippen LogP contribution in [0, 0.1) is 24.5 Å². The fourth-order valence-corrected chi connectivity index (χ4v) is 3.48. The number of rotatable bonds is 4. The molecule has 7 nitrogen and oxygen atoms in total. The molecule has 5 rings (SSSR count). The highest BCUT2D eigenvalue weighted by Gasteiger charge is 2.48. The van der Waals surface area contributed by atoms with Crippen molar-refractivity contribution in [3.8, 4) is 30.4 Å². The lowest BCUT2D eigenvalue weighted by Gasteiger charge is -2.15. The highest BCUT2D eigenvalue weighted by molar-refractivity contribution is 5.78. The summed E-state index contributed by atoms with van der Waals surface area (Å²) >= 11 is 0. The lowest BCUT2D eigenvalue weighted by Crippen LogP contribution is -2.34. The first kappa shape index (κ1) is 23.2. The molecule has 0 spiro atoms. The Bertz CT molecular complexity index is 1070. The highest BCUT2D eigenvalue weighted by Crippen LogP contribution is 2.34. The zero-order chi connectivity index (χ0) is 23.3. The van der Waals surface area contributed by atoms with E-state index in [0.717, 1.165) is 6.07 Å². The van der Waals surface area contributed by atoms with Gasteiger partial charge in [-0.15, -0.1) is 26.0 Å². The van der Waals surface area contributed by atoms with E-state index in [4.69, 9.17) is 18.9 Å². The summed E-state index contributed by atoms with van der Waals surface area (Å²) in [5.74, 6) is -2.03. The third kappa shape index (κ3) is 4.43. The zero-order valence-electron chi connectivity index (χ0n) is 17.0. The molecule has 2 N–H and O–H groups in total. The van der Waals surface area contributed by atoms with Crippen molar-refractivity contribution in [1.29, 1.82) is 0 Å². The molecule has 2 fully saturated rings. The maximum atomic E-state index is 14.8. The summed E-state index contributed by atoms with van der Waals surface area (Å²) in [6.07, 6.45) is 5.87. The fourth-order valence-electron chi connectivity index (χ4n) is 3.48. The predicted octanol–water partition coefficient (Wildman–Crippen LogP) is 3.59. The molecule has 0 saturated carbocycles. The highest BCUT2D eigenvalue weighted by atomic mass is 19.1. The second kappa shape index (κ2) is 10.2. The maximum absolute atomic E-state index is 14.8. The molecule has 2 unspecified atom stereocenters. The van der Waals surface area contributed by atoms with Gasteiger partial charge in [0.25, 0.3) is 6.01 Å². The number of imidazole rings is 1. The number of nitrogens with zero attached hydrogens (tertiary/aromatic N) is 1. The number of aromatic nitrogens is 2. The van der Waals surface area contributed by atoms with Crippen LogP contribution in [-0.4, -0.2) is 52.7 Å². The number of aliphatic hydroxyl groups is 1. The van der Waals surface area contributed by atoms with Gasteiger partial charge in [0.1, 0.15) is 29.6 Å². The van der Waals surface area contributed by atoms with Crippen LogP contribution >= 0.6 is 0 Å². The minimum absolute atomic E-state index is 0.00407. The Kier molecular flexibility index (Phi) is 7.43. The minimum Gasteiger partial charge on any atom is -0.456 e. The molecule has 32 heavy (non-hydrogen) atoms. The monoisotopic (exact) mass is 444 g/mol. The van der Waals surface area contributed by atoms with Gasteiger partial charge < -0.3 is 29.0 Å². The second-order valence-electron chi connectivity index (χ2n) is 6.67. The number of nitrogens with one attached hydrogen (secondary N) is 1. The molecule has 2 aliphatic rings. The van der Waals surface area contributed by atoms with Gasteiger partial charge in [-0.1, -0.05) is 18.2 Å². The maximum Gasteiger partial charge on any atom is 0.295 e. The molecule has 2 aliphatic heterocycles. The van der Waals surface area contributed by atoms with Crippen molar-refractivity contribution in [2.24, 2.45) is 0 Å². The molecular weight excluding hydrogens is 422 g/mol. The number of hydrogen-bond acceptors (Lipinski definition) is 6. The van der Waals surface area contributed by atoms with Gasteiger partial charge in [0.05, 0.1) is 18.7 Å². The number of fused-ring (bicyclic) bond motifs is 2. The van der Waals surface area contributed by atoms with Gasteiger partial charge in [-0.3, -0.25) is 0 Å². The standard InChI is InChI=1S/C19H16F2N2O5.C2H4.C2H2/c20-10-6-11-15(14(21)16(10)27-9-4-2-1-3-5-9)23-19(22-11)28-13-8-26-17-12(24)7-25-18(13)17;2*1-2/h1-6,12-13,17-18,24H,7-8H2,(H,22,23);1-2H2;1-2H/t12-,13-,17?,18?;;/m1../s1. The summed E-state index contributed by atoms with van der Waals surface area (Å²) in [5, 5.41) is 9.78. The molecule has 0 amide bonds. The number of H-pyrrole nitrogens is 1. The van der Waals surface area contributed by atoms with Crippen LogP contribution in [0.1, 0.15) is 0 Å². The molecule has 0 aliphatic carbocycles. The number of terminal acetylenes is 1. The molecule has 3 aromatic rings. The van der Waals surface area contributed by atoms with Crippen LogP contribution in [0.25, 0.3) is 11.0 Å². The largest absolute Gasteiger partial charge is 0.456 e. The zero-order valence-corrected chi connectivity index (χ0v) is 17.0. The van der Waals surface area contributed by atoms with E-state index < -0.39 is 41.8 Å². The Hall–Kier alpha value is -3.45. The summed E-state index contributed by atoms with van der Waals surface area (Å²) in [7, 11) is 0. The molecular formula is C23H22F2N2O5. The molecule has 2 aromatic carbocycles. The molecule has 1 aromatic heterocycles. The molecule has 0 bridgehead atoms. The summed E-state index contributed by atoms with van der Waals surface area (Å²) in [4.78, 5) is 6.82. The van der Waals surface area contributed by atoms with E-state index in [9.17, 15) is 13.9 Å². The van der Waals surface area contributed by atoms with Crippen LogP contribution in [0.15, 0.2) is 49.6 Å². The summed E-state index contributed by atoms with van der Waals surface area (Å²) in [6.45, 7) is 6.36. The van der Waals surface area contributed by atoms with Crippen LogP contribution in [0.5, 0.6) is 17.5 Å². The molecule has 2 saturated heterocycles. The normalized spacial score (nSPS) is 23.4. The second-order valence-corrected chi connectivity index (χ2v) is 6.67. The van der Waals surface area contributed by atoms with E-state index >= 15 is 0 Å². The summed E-state index contributed by atoms with van der Waals surface area (Å²) < 4.78 is 51.2. The van der Waals surface area contributed by atoms with Crippen molar-refractivity contribution in [2.75, 3.05) is 13.2 Å². The number of para-hydroxylation sites is 1. The molecule has 168 valence electrons. The number of aromatic amines is 1. The van der Waals surface area contributed by atoms with Crippen LogP contribution in [-0.2, 0) is 9.47 Å². The Balaban J connectivity index is 0.000000686. The lowest BCUT2D eigenvalue weighted by molar-refractivity contribution is 0.00706. The number of ether oxygens (including phenoxy) is 4. The number of halogens is 2. The third-order valence-corrected chi connectivity index (χ3v) is 4.81. The van der Waals surface area contributed by atoms with Gasteiger partial charge in [0, 0.05) is 6.07 Å². The Labute approximate surface area is 183 Å². The molecule has 0 radical (unpaired) electrons. The van der Waals surface area contributed by atoms with Crippen molar-refractivity contribution >= 4 is 11.0 Å². The van der Waals surface area contributed by atoms with E-state index in [0.29, 0.717) is 5.75 Å². The van der Waals surface area contributed by atoms with Gasteiger partial charge in [0.2, 0.25) is 5.75 Å². The predicted molar refractivity (Wildman–Crippen MR) is 114 cm³/mol. The first-order chi connectivity index (χ1) is 15.6. The van der Waals surface area contributed by atoms with Crippen LogP contribution in [0.3, 0.4) is 0 Å². The Morgan fingerprint density at radius 3 is 2.50 bits per heavy atom. The van der Waals surface area contributed by atoms with E-state index in [1.165, 1.54) is 0 Å². The van der Waals surface area contributed by atoms with Crippen LogP contribution in [0.2, 0.25) is 0 Å². The van der Waals surface area contributed by atoms with E-state index in [2.05, 4.69) is 36.0 Å². The first-order valence-corrected chi connectivity index (χ1v) is 9.62. The lowest BCUT2D eigenvalue weighted by atomic mass is 10.1. The van der Waals surface area contributed by atoms with E-state index in [-0.39, 0.29) is 30.3 Å². The average Bonchev–Trinajstić information content (AvgIpc) is 3.52. The van der Waals surface area contributed by atoms with E-state index in [1.54, 1.807) is 30.3 Å². The molecule has 9 heteroatoms. The number of aliphatic hydroxyl groups excluding tert-OH is 1. The van der Waals surface area contributed by atoms with Crippen LogP contribution in [0.4, 0.5) is 8.78 Å². The number of hydrogen-bond donors (Lipinski definition) is 2. The summed E-state index contributed by atoms with van der Waals surface area (Å²) in [5.41, 5.74) is 0.0263. The van der Waals surface area contributed by atoms with Crippen molar-refractivity contribution < 1.29 is 32.8 Å². The van der Waals surface area contributed by atoms with Gasteiger partial charge >= 0.3 is 0 Å². The first-order valence-electron chi connectivity index (χ1n) is 9.62. The third-order valence-electron chi connectivity index (χ3n) is 4.81. The van der Waals surface area contributed by atoms with Crippen molar-refractivity contribution in [3.05, 3.63) is 61.2 Å². The topological polar surface area (TPSA) is 85.8 Å². The SMILES string of the molecule is C#C.C=C.O[C@@H]1COC2C1OC[C@H]2Oc1nc2c(F)c(Oc3ccccc3)c(F)cc2[nH]1. The fraction of sp³-hybridized carbons (Fsp3) is 0.261. The van der Waals surface area contributed by atoms with Crippen molar-refractivity contribution in [2.45, 2.75) is 24.4 Å². The molecule has 4 atom stereocenters. The Morgan fingerprint density at radius 2 is 1.78 bits per heavy atom. The van der Waals surface area contributed by atoms with Gasteiger partial charge in [0.15, 0.2) is 17.7 Å².